The van der Waals surface area contributed by atoms with Crippen LogP contribution in [-0.2, 0) is 30.7 Å². The van der Waals surface area contributed by atoms with Crippen molar-refractivity contribution in [3.63, 3.8) is 0 Å². The topological polar surface area (TPSA) is 77.1 Å². The molecule has 0 bridgehead atoms. The number of amides is 1. The van der Waals surface area contributed by atoms with Gasteiger partial charge in [0.2, 0.25) is 5.91 Å². The zero-order valence-corrected chi connectivity index (χ0v) is 18.0. The van der Waals surface area contributed by atoms with Gasteiger partial charge in [-0.15, -0.1) is 11.3 Å². The van der Waals surface area contributed by atoms with Gasteiger partial charge in [0.05, 0.1) is 23.9 Å². The van der Waals surface area contributed by atoms with Crippen molar-refractivity contribution in [1.82, 2.24) is 14.9 Å². The van der Waals surface area contributed by atoms with Crippen LogP contribution in [0.15, 0.2) is 44.9 Å². The van der Waals surface area contributed by atoms with Crippen LogP contribution in [0.5, 0.6) is 0 Å². The molecule has 3 heterocycles. The van der Waals surface area contributed by atoms with Crippen molar-refractivity contribution < 1.29 is 9.21 Å². The molecule has 0 aromatic carbocycles. The van der Waals surface area contributed by atoms with Crippen molar-refractivity contribution in [2.45, 2.75) is 50.9 Å². The molecular weight excluding hydrogens is 406 g/mol. The number of aromatic nitrogens is 2. The van der Waals surface area contributed by atoms with E-state index in [9.17, 15) is 9.59 Å². The van der Waals surface area contributed by atoms with Crippen LogP contribution in [0.25, 0.3) is 10.2 Å². The van der Waals surface area contributed by atoms with E-state index in [1.165, 1.54) is 22.2 Å². The van der Waals surface area contributed by atoms with E-state index in [-0.39, 0.29) is 17.2 Å². The highest BCUT2D eigenvalue weighted by atomic mass is 32.2. The number of fused-ring (bicyclic) bond motifs is 3. The zero-order valence-electron chi connectivity index (χ0n) is 16.3. The van der Waals surface area contributed by atoms with Gasteiger partial charge in [0.1, 0.15) is 10.6 Å². The molecule has 0 aliphatic heterocycles. The number of hydrogen-bond donors (Lipinski definition) is 1. The number of carbonyl (C=O) groups excluding carboxylic acids is 1. The largest absolute Gasteiger partial charge is 0.467 e. The van der Waals surface area contributed by atoms with Gasteiger partial charge in [-0.1, -0.05) is 23.9 Å². The van der Waals surface area contributed by atoms with Crippen LogP contribution in [0, 0.1) is 0 Å². The molecule has 0 spiro atoms. The lowest BCUT2D eigenvalue weighted by molar-refractivity contribution is -0.118. The molecule has 3 aromatic rings. The van der Waals surface area contributed by atoms with Crippen LogP contribution < -0.4 is 10.9 Å². The number of hydrogen-bond acceptors (Lipinski definition) is 6. The normalized spacial score (nSPS) is 13.4. The minimum Gasteiger partial charge on any atom is -0.467 e. The molecule has 29 heavy (non-hydrogen) atoms. The van der Waals surface area contributed by atoms with E-state index in [1.807, 2.05) is 13.0 Å². The third kappa shape index (κ3) is 4.33. The molecule has 6 nitrogen and oxygen atoms in total. The maximum atomic E-state index is 13.3. The first kappa shape index (κ1) is 20.0. The Morgan fingerprint density at radius 2 is 2.24 bits per heavy atom. The molecule has 1 N–H and O–H groups in total. The molecule has 1 aliphatic rings. The van der Waals surface area contributed by atoms with Crippen molar-refractivity contribution in [2.24, 2.45) is 0 Å². The quantitative estimate of drug-likeness (QED) is 0.350. The van der Waals surface area contributed by atoms with Crippen molar-refractivity contribution in [2.75, 3.05) is 5.75 Å². The number of thioether (sulfide) groups is 1. The van der Waals surface area contributed by atoms with Crippen molar-refractivity contribution in [3.8, 4) is 0 Å². The maximum Gasteiger partial charge on any atom is 0.263 e. The molecule has 1 amide bonds. The van der Waals surface area contributed by atoms with Gasteiger partial charge in [-0.2, -0.15) is 0 Å². The van der Waals surface area contributed by atoms with Crippen LogP contribution in [0.3, 0.4) is 0 Å². The minimum atomic E-state index is -0.131. The van der Waals surface area contributed by atoms with Gasteiger partial charge in [-0.05, 0) is 50.3 Å². The molecule has 3 aromatic heterocycles. The number of allylic oxidation sites excluding steroid dienone is 1. The second-order valence-corrected chi connectivity index (χ2v) is 9.30. The third-order valence-electron chi connectivity index (χ3n) is 4.84. The Morgan fingerprint density at radius 1 is 1.41 bits per heavy atom. The minimum absolute atomic E-state index is 0.0177. The fraction of sp³-hybridized carbons (Fsp3) is 0.381. The first-order valence-corrected chi connectivity index (χ1v) is 11.4. The summed E-state index contributed by atoms with van der Waals surface area (Å²) in [5.41, 5.74) is 2.04. The number of carbonyl (C=O) groups is 1. The van der Waals surface area contributed by atoms with Crippen molar-refractivity contribution in [3.05, 3.63) is 57.1 Å². The molecule has 1 aliphatic carbocycles. The second kappa shape index (κ2) is 8.59. The number of furan rings is 1. The fourth-order valence-electron chi connectivity index (χ4n) is 3.52. The first-order chi connectivity index (χ1) is 14.0. The lowest BCUT2D eigenvalue weighted by Crippen LogP contribution is -2.27. The van der Waals surface area contributed by atoms with Crippen molar-refractivity contribution in [1.29, 1.82) is 0 Å². The summed E-state index contributed by atoms with van der Waals surface area (Å²) < 4.78 is 6.89. The zero-order chi connectivity index (χ0) is 20.4. The Morgan fingerprint density at radius 3 is 3.00 bits per heavy atom. The Labute approximate surface area is 177 Å². The van der Waals surface area contributed by atoms with Gasteiger partial charge in [0, 0.05) is 11.4 Å². The van der Waals surface area contributed by atoms with Gasteiger partial charge in [0.25, 0.3) is 5.56 Å². The van der Waals surface area contributed by atoms with Crippen LogP contribution in [0.4, 0.5) is 0 Å². The van der Waals surface area contributed by atoms with Gasteiger partial charge in [0.15, 0.2) is 5.16 Å². The van der Waals surface area contributed by atoms with Crippen LogP contribution in [-0.4, -0.2) is 21.2 Å². The van der Waals surface area contributed by atoms with Crippen LogP contribution >= 0.6 is 23.1 Å². The van der Waals surface area contributed by atoms with Crippen LogP contribution in [0.2, 0.25) is 0 Å². The van der Waals surface area contributed by atoms with Crippen LogP contribution in [0.1, 0.15) is 36.0 Å². The third-order valence-corrected chi connectivity index (χ3v) is 7.00. The summed E-state index contributed by atoms with van der Waals surface area (Å²) in [5.74, 6) is 0.749. The standard InChI is InChI=1S/C21H23N3O3S2/c1-13(2)11-24-20(26)18-15-7-3-4-8-16(15)29-19(18)23-21(24)28-12-17(25)22-10-14-6-5-9-27-14/h5-6,9H,1,3-4,7-8,10-12H2,2H3,(H,22,25). The Kier molecular flexibility index (Phi) is 5.91. The Bertz CT molecular complexity index is 1110. The lowest BCUT2D eigenvalue weighted by Gasteiger charge is -2.13. The molecular formula is C21H23N3O3S2. The van der Waals surface area contributed by atoms with E-state index in [1.54, 1.807) is 28.2 Å². The summed E-state index contributed by atoms with van der Waals surface area (Å²) >= 11 is 2.91. The Balaban J connectivity index is 1.59. The van der Waals surface area contributed by atoms with Crippen molar-refractivity contribution >= 4 is 39.2 Å². The SMILES string of the molecule is C=C(C)Cn1c(SCC(=O)NCc2ccco2)nc2sc3c(c2c1=O)CCCC3. The average molecular weight is 430 g/mol. The summed E-state index contributed by atoms with van der Waals surface area (Å²) in [6, 6.07) is 3.60. The molecule has 0 unspecified atom stereocenters. The van der Waals surface area contributed by atoms with Gasteiger partial charge in [-0.25, -0.2) is 4.98 Å². The van der Waals surface area contributed by atoms with Gasteiger partial charge < -0.3 is 9.73 Å². The maximum absolute atomic E-state index is 13.3. The molecule has 0 fully saturated rings. The highest BCUT2D eigenvalue weighted by molar-refractivity contribution is 7.99. The lowest BCUT2D eigenvalue weighted by atomic mass is 9.97. The predicted octanol–water partition coefficient (Wildman–Crippen LogP) is 3.91. The predicted molar refractivity (Wildman–Crippen MR) is 117 cm³/mol. The monoisotopic (exact) mass is 429 g/mol. The van der Waals surface area contributed by atoms with E-state index in [2.05, 4.69) is 11.9 Å². The molecule has 0 saturated heterocycles. The number of nitrogens with zero attached hydrogens (tertiary/aromatic N) is 2. The summed E-state index contributed by atoms with van der Waals surface area (Å²) in [5, 5.41) is 4.15. The molecule has 0 radical (unpaired) electrons. The summed E-state index contributed by atoms with van der Waals surface area (Å²) in [6.45, 7) is 6.60. The molecule has 8 heteroatoms. The average Bonchev–Trinajstić information content (AvgIpc) is 3.34. The summed E-state index contributed by atoms with van der Waals surface area (Å²) in [6.07, 6.45) is 5.82. The van der Waals surface area contributed by atoms with E-state index in [4.69, 9.17) is 9.40 Å². The van der Waals surface area contributed by atoms with E-state index in [0.29, 0.717) is 24.0 Å². The molecule has 152 valence electrons. The Hall–Kier alpha value is -2.32. The number of thiophene rings is 1. The van der Waals surface area contributed by atoms with E-state index < -0.39 is 0 Å². The molecule has 0 atom stereocenters. The summed E-state index contributed by atoms with van der Waals surface area (Å²) in [4.78, 5) is 32.4. The van der Waals surface area contributed by atoms with E-state index in [0.717, 1.165) is 41.5 Å². The fourth-order valence-corrected chi connectivity index (χ4v) is 5.65. The second-order valence-electron chi connectivity index (χ2n) is 7.28. The smallest absolute Gasteiger partial charge is 0.263 e. The molecule has 4 rings (SSSR count). The van der Waals surface area contributed by atoms with E-state index >= 15 is 0 Å². The van der Waals surface area contributed by atoms with Gasteiger partial charge in [-0.3, -0.25) is 14.2 Å². The van der Waals surface area contributed by atoms with Gasteiger partial charge >= 0.3 is 0 Å². The number of aryl methyl sites for hydroxylation is 2. The number of nitrogens with one attached hydrogen (secondary N) is 1. The first-order valence-electron chi connectivity index (χ1n) is 9.64. The molecule has 0 saturated carbocycles. The highest BCUT2D eigenvalue weighted by Gasteiger charge is 2.22. The summed E-state index contributed by atoms with van der Waals surface area (Å²) in [7, 11) is 0. The number of rotatable bonds is 7. The highest BCUT2D eigenvalue weighted by Crippen LogP contribution is 2.34.